The molecule has 2 aliphatic rings. The van der Waals surface area contributed by atoms with Crippen LogP contribution in [0.25, 0.3) is 5.69 Å². The molecule has 2 fully saturated rings. The fourth-order valence-electron chi connectivity index (χ4n) is 5.79. The van der Waals surface area contributed by atoms with Crippen LogP contribution in [0.5, 0.6) is 0 Å². The molecule has 2 N–H and O–H groups in total. The minimum atomic E-state index is -4.88. The minimum Gasteiger partial charge on any atom is -0.481 e. The largest absolute Gasteiger partial charge is 0.481 e. The van der Waals surface area contributed by atoms with Gasteiger partial charge < -0.3 is 15.3 Å². The Morgan fingerprint density at radius 2 is 1.45 bits per heavy atom. The third-order valence-corrected chi connectivity index (χ3v) is 8.19. The van der Waals surface area contributed by atoms with Gasteiger partial charge in [0, 0.05) is 30.9 Å². The standard InChI is InChI=1S/C30H30F4N4O4/c31-22-7-11-24(12-8-22)38-17-25(26(36-38)30(32,33)34)27(39)35-23-9-5-18(6-10-23)19-13-15-37(16-14-19)28(40)20-1-3-21(4-2-20)29(41)42/h5-12,17,19-21H,1-4,13-16H2,(H,35,39)(H,41,42)/t20-,21-. The maximum Gasteiger partial charge on any atom is 0.435 e. The molecule has 2 aromatic carbocycles. The number of nitrogens with one attached hydrogen (secondary N) is 1. The van der Waals surface area contributed by atoms with Crippen molar-refractivity contribution in [1.29, 1.82) is 0 Å². The van der Waals surface area contributed by atoms with Gasteiger partial charge in [0.25, 0.3) is 5.91 Å². The SMILES string of the molecule is O=C(Nc1ccc(C2CCN(C(=O)[C@H]3CC[C@H](C(=O)O)CC3)CC2)cc1)c1cn(-c2ccc(F)cc2)nc1C(F)(F)F. The molecular weight excluding hydrogens is 556 g/mol. The molecule has 0 atom stereocenters. The van der Waals surface area contributed by atoms with Gasteiger partial charge in [-0.05, 0) is 86.4 Å². The topological polar surface area (TPSA) is 105 Å². The smallest absolute Gasteiger partial charge is 0.435 e. The molecule has 1 saturated carbocycles. The molecule has 1 aliphatic carbocycles. The van der Waals surface area contributed by atoms with Gasteiger partial charge in [0.2, 0.25) is 5.91 Å². The molecule has 1 aromatic heterocycles. The monoisotopic (exact) mass is 586 g/mol. The maximum absolute atomic E-state index is 13.7. The van der Waals surface area contributed by atoms with E-state index in [1.54, 1.807) is 12.1 Å². The molecule has 1 aliphatic heterocycles. The number of nitrogens with zero attached hydrogens (tertiary/aromatic N) is 3. The van der Waals surface area contributed by atoms with Crippen LogP contribution in [-0.4, -0.2) is 50.7 Å². The predicted octanol–water partition coefficient (Wildman–Crippen LogP) is 5.88. The Morgan fingerprint density at radius 3 is 2.02 bits per heavy atom. The average molecular weight is 587 g/mol. The number of aromatic nitrogens is 2. The summed E-state index contributed by atoms with van der Waals surface area (Å²) < 4.78 is 55.1. The summed E-state index contributed by atoms with van der Waals surface area (Å²) in [7, 11) is 0. The summed E-state index contributed by atoms with van der Waals surface area (Å²) in [6.07, 6.45) is -0.166. The number of carboxylic acid groups (broad SMARTS) is 1. The summed E-state index contributed by atoms with van der Waals surface area (Å²) in [5, 5.41) is 15.2. The highest BCUT2D eigenvalue weighted by molar-refractivity contribution is 6.05. The molecule has 0 bridgehead atoms. The van der Waals surface area contributed by atoms with Gasteiger partial charge in [-0.2, -0.15) is 18.3 Å². The van der Waals surface area contributed by atoms with Crippen LogP contribution in [0.2, 0.25) is 0 Å². The average Bonchev–Trinajstić information content (AvgIpc) is 3.45. The molecule has 12 heteroatoms. The molecule has 2 amide bonds. The molecule has 5 rings (SSSR count). The molecule has 222 valence electrons. The van der Waals surface area contributed by atoms with Gasteiger partial charge >= 0.3 is 12.1 Å². The van der Waals surface area contributed by atoms with E-state index in [9.17, 15) is 37.1 Å². The lowest BCUT2D eigenvalue weighted by Crippen LogP contribution is -2.42. The van der Waals surface area contributed by atoms with E-state index in [-0.39, 0.29) is 29.3 Å². The number of carbonyl (C=O) groups excluding carboxylic acids is 2. The lowest BCUT2D eigenvalue weighted by molar-refractivity contribution is -0.146. The van der Waals surface area contributed by atoms with Crippen LogP contribution in [-0.2, 0) is 15.8 Å². The van der Waals surface area contributed by atoms with Crippen LogP contribution in [0.3, 0.4) is 0 Å². The molecule has 8 nitrogen and oxygen atoms in total. The van der Waals surface area contributed by atoms with Gasteiger partial charge in [-0.15, -0.1) is 0 Å². The van der Waals surface area contributed by atoms with Crippen LogP contribution < -0.4 is 5.32 Å². The van der Waals surface area contributed by atoms with Crippen molar-refractivity contribution in [2.45, 2.75) is 50.6 Å². The van der Waals surface area contributed by atoms with Crippen LogP contribution in [0.4, 0.5) is 23.2 Å². The van der Waals surface area contributed by atoms with Crippen molar-refractivity contribution >= 4 is 23.5 Å². The first kappa shape index (κ1) is 29.3. The Kier molecular flexibility index (Phi) is 8.33. The molecule has 1 saturated heterocycles. The Hall–Kier alpha value is -4.22. The van der Waals surface area contributed by atoms with E-state index in [2.05, 4.69) is 10.4 Å². The lowest BCUT2D eigenvalue weighted by atomic mass is 9.81. The first-order valence-corrected chi connectivity index (χ1v) is 13.9. The number of amides is 2. The number of rotatable bonds is 6. The molecule has 0 spiro atoms. The van der Waals surface area contributed by atoms with Crippen LogP contribution in [0.15, 0.2) is 54.7 Å². The van der Waals surface area contributed by atoms with Gasteiger partial charge in [0.15, 0.2) is 5.69 Å². The van der Waals surface area contributed by atoms with Crippen molar-refractivity contribution in [2.75, 3.05) is 18.4 Å². The Bertz CT molecular complexity index is 1440. The number of halogens is 4. The molecule has 0 unspecified atom stereocenters. The maximum atomic E-state index is 13.7. The molecule has 3 aromatic rings. The molecular formula is C30H30F4N4O4. The van der Waals surface area contributed by atoms with E-state index in [1.165, 1.54) is 12.1 Å². The van der Waals surface area contributed by atoms with Crippen LogP contribution >= 0.6 is 0 Å². The zero-order valence-corrected chi connectivity index (χ0v) is 22.6. The summed E-state index contributed by atoms with van der Waals surface area (Å²) in [4.78, 5) is 38.9. The van der Waals surface area contributed by atoms with E-state index in [0.717, 1.165) is 41.4 Å². The van der Waals surface area contributed by atoms with Gasteiger partial charge in [-0.25, -0.2) is 9.07 Å². The highest BCUT2D eigenvalue weighted by Crippen LogP contribution is 2.34. The zero-order valence-electron chi connectivity index (χ0n) is 22.6. The Balaban J connectivity index is 1.19. The molecule has 42 heavy (non-hydrogen) atoms. The number of anilines is 1. The summed E-state index contributed by atoms with van der Waals surface area (Å²) in [6.45, 7) is 1.19. The predicted molar refractivity (Wildman–Crippen MR) is 145 cm³/mol. The number of aliphatic carboxylic acids is 1. The van der Waals surface area contributed by atoms with E-state index in [0.29, 0.717) is 44.5 Å². The van der Waals surface area contributed by atoms with Gasteiger partial charge in [-0.3, -0.25) is 14.4 Å². The third-order valence-electron chi connectivity index (χ3n) is 8.19. The van der Waals surface area contributed by atoms with E-state index < -0.39 is 35.1 Å². The molecule has 2 heterocycles. The fraction of sp³-hybridized carbons (Fsp3) is 0.400. The summed E-state index contributed by atoms with van der Waals surface area (Å²) in [5.74, 6) is -2.54. The van der Waals surface area contributed by atoms with E-state index >= 15 is 0 Å². The number of carboxylic acids is 1. The quantitative estimate of drug-likeness (QED) is 0.351. The number of hydrogen-bond donors (Lipinski definition) is 2. The minimum absolute atomic E-state index is 0.0938. The second-order valence-electron chi connectivity index (χ2n) is 10.9. The number of benzene rings is 2. The van der Waals surface area contributed by atoms with Gasteiger partial charge in [0.1, 0.15) is 5.82 Å². The van der Waals surface area contributed by atoms with Gasteiger partial charge in [0.05, 0.1) is 17.2 Å². The first-order valence-electron chi connectivity index (χ1n) is 13.9. The van der Waals surface area contributed by atoms with Crippen LogP contribution in [0.1, 0.15) is 66.1 Å². The summed E-state index contributed by atoms with van der Waals surface area (Å²) in [6, 6.07) is 11.6. The number of carbonyl (C=O) groups is 3. The highest BCUT2D eigenvalue weighted by atomic mass is 19.4. The van der Waals surface area contributed by atoms with Crippen molar-refractivity contribution < 1.29 is 37.1 Å². The Morgan fingerprint density at radius 1 is 0.857 bits per heavy atom. The van der Waals surface area contributed by atoms with Crippen molar-refractivity contribution in [3.63, 3.8) is 0 Å². The highest BCUT2D eigenvalue weighted by Gasteiger charge is 2.39. The normalized spacial score (nSPS) is 19.9. The summed E-state index contributed by atoms with van der Waals surface area (Å²) >= 11 is 0. The number of likely N-dealkylation sites (tertiary alicyclic amines) is 1. The van der Waals surface area contributed by atoms with Gasteiger partial charge in [-0.1, -0.05) is 12.1 Å². The second-order valence-corrected chi connectivity index (χ2v) is 10.9. The van der Waals surface area contributed by atoms with Crippen molar-refractivity contribution in [1.82, 2.24) is 14.7 Å². The second kappa shape index (κ2) is 11.9. The van der Waals surface area contributed by atoms with Crippen molar-refractivity contribution in [3.8, 4) is 5.69 Å². The number of piperidine rings is 1. The summed E-state index contributed by atoms with van der Waals surface area (Å²) in [5.41, 5.74) is -0.525. The first-order chi connectivity index (χ1) is 20.0. The zero-order chi connectivity index (χ0) is 30.0. The number of alkyl halides is 3. The number of hydrogen-bond acceptors (Lipinski definition) is 4. The lowest BCUT2D eigenvalue weighted by Gasteiger charge is -2.36. The van der Waals surface area contributed by atoms with Crippen molar-refractivity contribution in [3.05, 3.63) is 77.4 Å². The third kappa shape index (κ3) is 6.47. The van der Waals surface area contributed by atoms with E-state index in [1.807, 2.05) is 17.0 Å². The molecule has 0 radical (unpaired) electrons. The van der Waals surface area contributed by atoms with Crippen LogP contribution in [0, 0.1) is 17.7 Å². The fourth-order valence-corrected chi connectivity index (χ4v) is 5.79. The van der Waals surface area contributed by atoms with E-state index in [4.69, 9.17) is 0 Å². The Labute approximate surface area is 239 Å². The van der Waals surface area contributed by atoms with Crippen molar-refractivity contribution in [2.24, 2.45) is 11.8 Å².